The van der Waals surface area contributed by atoms with E-state index in [1.807, 2.05) is 22.8 Å². The van der Waals surface area contributed by atoms with Crippen molar-refractivity contribution in [1.82, 2.24) is 29.7 Å². The van der Waals surface area contributed by atoms with E-state index in [9.17, 15) is 9.59 Å². The van der Waals surface area contributed by atoms with Gasteiger partial charge in [0.25, 0.3) is 0 Å². The lowest BCUT2D eigenvalue weighted by Crippen LogP contribution is -2.43. The summed E-state index contributed by atoms with van der Waals surface area (Å²) in [5.74, 6) is 1.72. The molecule has 1 aliphatic rings. The van der Waals surface area contributed by atoms with Crippen molar-refractivity contribution in [2.45, 2.75) is 59.5 Å². The summed E-state index contributed by atoms with van der Waals surface area (Å²) in [5.41, 5.74) is 0.887. The normalized spacial score (nSPS) is 16.6. The molecule has 2 amide bonds. The molecule has 158 valence electrons. The molecule has 0 spiro atoms. The molecule has 1 unspecified atom stereocenters. The van der Waals surface area contributed by atoms with Crippen LogP contribution in [-0.4, -0.2) is 67.2 Å². The Balaban J connectivity index is 1.53. The topological polar surface area (TPSA) is 97.4 Å². The van der Waals surface area contributed by atoms with Gasteiger partial charge in [-0.15, -0.1) is 0 Å². The van der Waals surface area contributed by atoms with Crippen molar-refractivity contribution in [3.05, 3.63) is 29.7 Å². The van der Waals surface area contributed by atoms with E-state index in [1.165, 1.54) is 0 Å². The van der Waals surface area contributed by atoms with Crippen LogP contribution in [0.4, 0.5) is 0 Å². The van der Waals surface area contributed by atoms with E-state index < -0.39 is 0 Å². The van der Waals surface area contributed by atoms with Crippen LogP contribution in [0, 0.1) is 12.8 Å². The lowest BCUT2D eigenvalue weighted by atomic mass is 10.1. The van der Waals surface area contributed by atoms with Gasteiger partial charge < -0.3 is 14.3 Å². The lowest BCUT2D eigenvalue weighted by Gasteiger charge is -2.27. The Labute approximate surface area is 171 Å². The molecule has 29 heavy (non-hydrogen) atoms. The second kappa shape index (κ2) is 9.19. The van der Waals surface area contributed by atoms with E-state index in [0.717, 1.165) is 18.5 Å². The van der Waals surface area contributed by atoms with Crippen LogP contribution in [0.5, 0.6) is 0 Å². The molecule has 1 aliphatic heterocycles. The first-order chi connectivity index (χ1) is 13.8. The highest BCUT2D eigenvalue weighted by molar-refractivity contribution is 5.77. The second-order valence-corrected chi connectivity index (χ2v) is 8.10. The van der Waals surface area contributed by atoms with Gasteiger partial charge in [-0.3, -0.25) is 14.3 Å². The smallest absolute Gasteiger partial charge is 0.244 e. The molecule has 0 radical (unpaired) electrons. The van der Waals surface area contributed by atoms with Crippen LogP contribution < -0.4 is 0 Å². The van der Waals surface area contributed by atoms with Crippen molar-refractivity contribution < 1.29 is 14.1 Å². The zero-order valence-electron chi connectivity index (χ0n) is 17.7. The summed E-state index contributed by atoms with van der Waals surface area (Å²) in [6, 6.07) is 1.89. The summed E-state index contributed by atoms with van der Waals surface area (Å²) in [6.07, 6.45) is 3.87. The van der Waals surface area contributed by atoms with E-state index >= 15 is 0 Å². The quantitative estimate of drug-likeness (QED) is 0.663. The number of rotatable bonds is 8. The van der Waals surface area contributed by atoms with Gasteiger partial charge in [0, 0.05) is 45.6 Å². The van der Waals surface area contributed by atoms with Gasteiger partial charge in [-0.1, -0.05) is 19.0 Å². The number of likely N-dealkylation sites (tertiary alicyclic amines) is 1. The standard InChI is InChI=1S/C20H30N6O3/c1-14(2)11-19-21-18(23-29-19)7-10-26(16(4)27)17-6-8-24(12-17)20(28)13-25-9-5-15(3)22-25/h5,9,14,17H,6-8,10-13H2,1-4H3. The maximum absolute atomic E-state index is 12.6. The predicted octanol–water partition coefficient (Wildman–Crippen LogP) is 1.47. The summed E-state index contributed by atoms with van der Waals surface area (Å²) in [5, 5.41) is 8.29. The minimum atomic E-state index is -0.00195. The number of nitrogens with zero attached hydrogens (tertiary/aromatic N) is 6. The van der Waals surface area contributed by atoms with Crippen LogP contribution in [0.25, 0.3) is 0 Å². The minimum absolute atomic E-state index is 0.00195. The van der Waals surface area contributed by atoms with Crippen molar-refractivity contribution in [3.63, 3.8) is 0 Å². The van der Waals surface area contributed by atoms with E-state index in [0.29, 0.717) is 43.7 Å². The highest BCUT2D eigenvalue weighted by atomic mass is 16.5. The number of amides is 2. The van der Waals surface area contributed by atoms with Gasteiger partial charge >= 0.3 is 0 Å². The van der Waals surface area contributed by atoms with E-state index in [-0.39, 0.29) is 24.4 Å². The SMILES string of the molecule is CC(=O)N(CCc1noc(CC(C)C)n1)C1CCN(C(=O)Cn2ccc(C)n2)C1. The average Bonchev–Trinajstić information content (AvgIpc) is 3.36. The molecular weight excluding hydrogens is 372 g/mol. The molecule has 0 aromatic carbocycles. The number of hydrogen-bond donors (Lipinski definition) is 0. The van der Waals surface area contributed by atoms with E-state index in [4.69, 9.17) is 4.52 Å². The first-order valence-corrected chi connectivity index (χ1v) is 10.2. The van der Waals surface area contributed by atoms with Crippen LogP contribution in [0.3, 0.4) is 0 Å². The fraction of sp³-hybridized carbons (Fsp3) is 0.650. The van der Waals surface area contributed by atoms with Gasteiger partial charge in [0.2, 0.25) is 17.7 Å². The molecule has 0 saturated carbocycles. The van der Waals surface area contributed by atoms with Crippen LogP contribution in [0.2, 0.25) is 0 Å². The van der Waals surface area contributed by atoms with Crippen LogP contribution in [0.15, 0.2) is 16.8 Å². The molecule has 9 nitrogen and oxygen atoms in total. The van der Waals surface area contributed by atoms with Crippen molar-refractivity contribution >= 4 is 11.8 Å². The molecule has 0 N–H and O–H groups in total. The van der Waals surface area contributed by atoms with Crippen molar-refractivity contribution in [1.29, 1.82) is 0 Å². The Morgan fingerprint density at radius 1 is 1.38 bits per heavy atom. The molecule has 3 rings (SSSR count). The third-order valence-electron chi connectivity index (χ3n) is 5.10. The number of carbonyl (C=O) groups is 2. The Hall–Kier alpha value is -2.71. The zero-order valence-corrected chi connectivity index (χ0v) is 17.7. The molecule has 3 heterocycles. The molecule has 9 heteroatoms. The van der Waals surface area contributed by atoms with Gasteiger partial charge in [-0.25, -0.2) is 0 Å². The highest BCUT2D eigenvalue weighted by Crippen LogP contribution is 2.17. The van der Waals surface area contributed by atoms with Crippen molar-refractivity contribution in [2.75, 3.05) is 19.6 Å². The number of hydrogen-bond acceptors (Lipinski definition) is 6. The molecule has 2 aromatic heterocycles. The maximum Gasteiger partial charge on any atom is 0.244 e. The predicted molar refractivity (Wildman–Crippen MR) is 106 cm³/mol. The van der Waals surface area contributed by atoms with Crippen molar-refractivity contribution in [3.8, 4) is 0 Å². The third kappa shape index (κ3) is 5.65. The minimum Gasteiger partial charge on any atom is -0.339 e. The number of aryl methyl sites for hydroxylation is 1. The summed E-state index contributed by atoms with van der Waals surface area (Å²) < 4.78 is 6.93. The molecular formula is C20H30N6O3. The Bertz CT molecular complexity index is 843. The van der Waals surface area contributed by atoms with Crippen molar-refractivity contribution in [2.24, 2.45) is 5.92 Å². The fourth-order valence-corrected chi connectivity index (χ4v) is 3.65. The third-order valence-corrected chi connectivity index (χ3v) is 5.10. The molecule has 2 aromatic rings. The van der Waals surface area contributed by atoms with Gasteiger partial charge in [0.1, 0.15) is 6.54 Å². The Morgan fingerprint density at radius 2 is 2.17 bits per heavy atom. The lowest BCUT2D eigenvalue weighted by molar-refractivity contribution is -0.134. The van der Waals surface area contributed by atoms with Gasteiger partial charge in [0.05, 0.1) is 11.7 Å². The summed E-state index contributed by atoms with van der Waals surface area (Å²) in [6.45, 7) is 9.59. The molecule has 1 atom stereocenters. The monoisotopic (exact) mass is 402 g/mol. The van der Waals surface area contributed by atoms with Gasteiger partial charge in [-0.05, 0) is 25.3 Å². The van der Waals surface area contributed by atoms with E-state index in [1.54, 1.807) is 17.8 Å². The van der Waals surface area contributed by atoms with Gasteiger partial charge in [0.15, 0.2) is 5.82 Å². The first kappa shape index (κ1) is 21.0. The summed E-state index contributed by atoms with van der Waals surface area (Å²) in [4.78, 5) is 32.8. The molecule has 1 fully saturated rings. The fourth-order valence-electron chi connectivity index (χ4n) is 3.65. The molecule has 0 aliphatic carbocycles. The highest BCUT2D eigenvalue weighted by Gasteiger charge is 2.31. The molecule has 0 bridgehead atoms. The maximum atomic E-state index is 12.6. The zero-order chi connectivity index (χ0) is 21.0. The first-order valence-electron chi connectivity index (χ1n) is 10.2. The van der Waals surface area contributed by atoms with Crippen LogP contribution in [-0.2, 0) is 29.0 Å². The Kier molecular flexibility index (Phi) is 6.66. The summed E-state index contributed by atoms with van der Waals surface area (Å²) >= 11 is 0. The van der Waals surface area contributed by atoms with Crippen LogP contribution in [0.1, 0.15) is 44.6 Å². The largest absolute Gasteiger partial charge is 0.339 e. The number of aromatic nitrogens is 4. The number of carbonyl (C=O) groups excluding carboxylic acids is 2. The molecule has 1 saturated heterocycles. The Morgan fingerprint density at radius 3 is 2.83 bits per heavy atom. The van der Waals surface area contributed by atoms with Crippen LogP contribution >= 0.6 is 0 Å². The second-order valence-electron chi connectivity index (χ2n) is 8.10. The van der Waals surface area contributed by atoms with Gasteiger partial charge in [-0.2, -0.15) is 10.1 Å². The average molecular weight is 402 g/mol. The summed E-state index contributed by atoms with van der Waals surface area (Å²) in [7, 11) is 0. The van der Waals surface area contributed by atoms with E-state index in [2.05, 4.69) is 29.1 Å².